The molecule has 0 saturated carbocycles. The fourth-order valence-corrected chi connectivity index (χ4v) is 3.79. The first-order valence-corrected chi connectivity index (χ1v) is 9.79. The SMILES string of the molecule is O=C(c1cnn(-c2ccccc2)n1)N1CCC(n2cnc3ncccc3c2=O)CC1. The zero-order valence-corrected chi connectivity index (χ0v) is 16.1. The van der Waals surface area contributed by atoms with E-state index in [1.54, 1.807) is 34.1 Å². The number of para-hydroxylation sites is 1. The minimum absolute atomic E-state index is 0.00124. The summed E-state index contributed by atoms with van der Waals surface area (Å²) in [5.74, 6) is -0.149. The van der Waals surface area contributed by atoms with E-state index in [9.17, 15) is 9.59 Å². The molecular formula is C21H19N7O2. The minimum atomic E-state index is -0.149. The lowest BCUT2D eigenvalue weighted by molar-refractivity contribution is 0.0687. The average molecular weight is 401 g/mol. The highest BCUT2D eigenvalue weighted by atomic mass is 16.2. The highest BCUT2D eigenvalue weighted by Crippen LogP contribution is 2.22. The van der Waals surface area contributed by atoms with Crippen LogP contribution in [0.4, 0.5) is 0 Å². The summed E-state index contributed by atoms with van der Waals surface area (Å²) in [5, 5.41) is 9.04. The van der Waals surface area contributed by atoms with Gasteiger partial charge in [0.05, 0.1) is 17.3 Å². The first kappa shape index (κ1) is 18.2. The van der Waals surface area contributed by atoms with Gasteiger partial charge in [-0.2, -0.15) is 9.90 Å². The molecule has 1 fully saturated rings. The summed E-state index contributed by atoms with van der Waals surface area (Å²) in [5.41, 5.74) is 1.47. The van der Waals surface area contributed by atoms with Gasteiger partial charge in [-0.15, -0.1) is 5.10 Å². The molecule has 0 bridgehead atoms. The molecule has 9 nitrogen and oxygen atoms in total. The molecule has 0 unspecified atom stereocenters. The van der Waals surface area contributed by atoms with Crippen LogP contribution in [0, 0.1) is 0 Å². The topological polar surface area (TPSA) is 98.8 Å². The molecule has 0 N–H and O–H groups in total. The summed E-state index contributed by atoms with van der Waals surface area (Å²) in [7, 11) is 0. The van der Waals surface area contributed by atoms with Crippen LogP contribution in [-0.4, -0.2) is 53.4 Å². The summed E-state index contributed by atoms with van der Waals surface area (Å²) in [6, 6.07) is 12.9. The fourth-order valence-electron chi connectivity index (χ4n) is 3.79. The van der Waals surface area contributed by atoms with Crippen LogP contribution in [0.3, 0.4) is 0 Å². The van der Waals surface area contributed by atoms with Crippen molar-refractivity contribution < 1.29 is 4.79 Å². The van der Waals surface area contributed by atoms with Gasteiger partial charge in [0, 0.05) is 25.3 Å². The van der Waals surface area contributed by atoms with E-state index in [0.717, 1.165) is 5.69 Å². The van der Waals surface area contributed by atoms with Gasteiger partial charge in [-0.3, -0.25) is 14.2 Å². The van der Waals surface area contributed by atoms with Crippen LogP contribution in [0.25, 0.3) is 16.7 Å². The zero-order valence-electron chi connectivity index (χ0n) is 16.1. The van der Waals surface area contributed by atoms with Crippen LogP contribution in [-0.2, 0) is 0 Å². The van der Waals surface area contributed by atoms with Crippen molar-refractivity contribution in [3.8, 4) is 5.69 Å². The maximum atomic E-state index is 12.9. The van der Waals surface area contributed by atoms with Crippen molar-refractivity contribution in [2.24, 2.45) is 0 Å². The number of nitrogens with zero attached hydrogens (tertiary/aromatic N) is 7. The van der Waals surface area contributed by atoms with Crippen molar-refractivity contribution in [3.05, 3.63) is 77.2 Å². The number of likely N-dealkylation sites (tertiary alicyclic amines) is 1. The first-order valence-electron chi connectivity index (χ1n) is 9.79. The van der Waals surface area contributed by atoms with Crippen molar-refractivity contribution in [2.45, 2.75) is 18.9 Å². The Morgan fingerprint density at radius 3 is 2.60 bits per heavy atom. The fraction of sp³-hybridized carbons (Fsp3) is 0.238. The Bertz CT molecular complexity index is 1260. The molecule has 0 radical (unpaired) electrons. The number of carbonyl (C=O) groups is 1. The van der Waals surface area contributed by atoms with Gasteiger partial charge in [0.15, 0.2) is 11.3 Å². The van der Waals surface area contributed by atoms with Crippen molar-refractivity contribution in [1.82, 2.24) is 34.4 Å². The number of fused-ring (bicyclic) bond motifs is 1. The third-order valence-electron chi connectivity index (χ3n) is 5.40. The minimum Gasteiger partial charge on any atom is -0.337 e. The summed E-state index contributed by atoms with van der Waals surface area (Å²) in [6.45, 7) is 1.08. The lowest BCUT2D eigenvalue weighted by Crippen LogP contribution is -2.41. The number of hydrogen-bond acceptors (Lipinski definition) is 6. The van der Waals surface area contributed by atoms with Gasteiger partial charge in [-0.1, -0.05) is 18.2 Å². The number of rotatable bonds is 3. The molecule has 4 heterocycles. The van der Waals surface area contributed by atoms with E-state index in [2.05, 4.69) is 20.2 Å². The highest BCUT2D eigenvalue weighted by Gasteiger charge is 2.27. The highest BCUT2D eigenvalue weighted by molar-refractivity contribution is 5.92. The maximum Gasteiger partial charge on any atom is 0.276 e. The summed E-state index contributed by atoms with van der Waals surface area (Å²) in [4.78, 5) is 37.3. The van der Waals surface area contributed by atoms with Crippen molar-refractivity contribution in [3.63, 3.8) is 0 Å². The van der Waals surface area contributed by atoms with E-state index in [0.29, 0.717) is 42.7 Å². The summed E-state index contributed by atoms with van der Waals surface area (Å²) in [6.07, 6.45) is 6.02. The summed E-state index contributed by atoms with van der Waals surface area (Å²) < 4.78 is 1.66. The maximum absolute atomic E-state index is 12.9. The number of amides is 1. The van der Waals surface area contributed by atoms with Crippen LogP contribution in [0.1, 0.15) is 29.4 Å². The Labute approximate surface area is 171 Å². The molecule has 1 saturated heterocycles. The predicted octanol–water partition coefficient (Wildman–Crippen LogP) is 1.85. The van der Waals surface area contributed by atoms with Gasteiger partial charge in [0.25, 0.3) is 11.5 Å². The average Bonchev–Trinajstić information content (AvgIpc) is 3.30. The molecule has 0 aliphatic carbocycles. The third kappa shape index (κ3) is 3.24. The zero-order chi connectivity index (χ0) is 20.5. The Morgan fingerprint density at radius 2 is 1.80 bits per heavy atom. The lowest BCUT2D eigenvalue weighted by Gasteiger charge is -2.32. The quantitative estimate of drug-likeness (QED) is 0.520. The molecule has 0 spiro atoms. The second kappa shape index (κ2) is 7.51. The predicted molar refractivity (Wildman–Crippen MR) is 109 cm³/mol. The van der Waals surface area contributed by atoms with E-state index in [4.69, 9.17) is 0 Å². The Hall–Kier alpha value is -3.88. The van der Waals surface area contributed by atoms with E-state index < -0.39 is 0 Å². The number of benzene rings is 1. The standard InChI is InChI=1S/C21H19N7O2/c29-20-17-7-4-10-22-19(17)23-14-27(20)15-8-11-26(12-9-15)21(30)18-13-24-28(25-18)16-5-2-1-3-6-16/h1-7,10,13-15H,8-9,11-12H2. The van der Waals surface area contributed by atoms with Gasteiger partial charge in [0.1, 0.15) is 6.33 Å². The van der Waals surface area contributed by atoms with Gasteiger partial charge in [-0.25, -0.2) is 9.97 Å². The monoisotopic (exact) mass is 401 g/mol. The first-order chi connectivity index (χ1) is 14.7. The van der Waals surface area contributed by atoms with Crippen LogP contribution in [0.2, 0.25) is 0 Å². The normalized spacial score (nSPS) is 14.9. The summed E-state index contributed by atoms with van der Waals surface area (Å²) >= 11 is 0. The van der Waals surface area contributed by atoms with Gasteiger partial charge in [-0.05, 0) is 37.1 Å². The number of pyridine rings is 1. The van der Waals surface area contributed by atoms with Crippen LogP contribution >= 0.6 is 0 Å². The molecule has 1 aliphatic rings. The molecule has 5 rings (SSSR count). The molecule has 1 aliphatic heterocycles. The Kier molecular flexibility index (Phi) is 4.55. The number of aromatic nitrogens is 6. The van der Waals surface area contributed by atoms with E-state index in [1.165, 1.54) is 11.0 Å². The van der Waals surface area contributed by atoms with E-state index in [-0.39, 0.29) is 17.5 Å². The molecule has 4 aromatic rings. The van der Waals surface area contributed by atoms with Gasteiger partial charge in [0.2, 0.25) is 0 Å². The van der Waals surface area contributed by atoms with E-state index >= 15 is 0 Å². The second-order valence-electron chi connectivity index (χ2n) is 7.21. The van der Waals surface area contributed by atoms with Crippen LogP contribution in [0.15, 0.2) is 66.0 Å². The second-order valence-corrected chi connectivity index (χ2v) is 7.21. The van der Waals surface area contributed by atoms with Gasteiger partial charge >= 0.3 is 0 Å². The molecule has 0 atom stereocenters. The molecule has 150 valence electrons. The lowest BCUT2D eigenvalue weighted by atomic mass is 10.0. The van der Waals surface area contributed by atoms with Crippen molar-refractivity contribution in [1.29, 1.82) is 0 Å². The van der Waals surface area contributed by atoms with Crippen molar-refractivity contribution in [2.75, 3.05) is 13.1 Å². The molecule has 9 heteroatoms. The molecule has 3 aromatic heterocycles. The van der Waals surface area contributed by atoms with E-state index in [1.807, 2.05) is 30.3 Å². The van der Waals surface area contributed by atoms with Gasteiger partial charge < -0.3 is 4.90 Å². The number of piperidine rings is 1. The largest absolute Gasteiger partial charge is 0.337 e. The number of hydrogen-bond donors (Lipinski definition) is 0. The molecular weight excluding hydrogens is 382 g/mol. The van der Waals surface area contributed by atoms with Crippen molar-refractivity contribution >= 4 is 16.9 Å². The van der Waals surface area contributed by atoms with Crippen LogP contribution < -0.4 is 5.56 Å². The smallest absolute Gasteiger partial charge is 0.276 e. The Balaban J connectivity index is 1.29. The molecule has 1 amide bonds. The molecule has 1 aromatic carbocycles. The third-order valence-corrected chi connectivity index (χ3v) is 5.40. The Morgan fingerprint density at radius 1 is 1.00 bits per heavy atom. The molecule has 30 heavy (non-hydrogen) atoms. The van der Waals surface area contributed by atoms with Crippen LogP contribution in [0.5, 0.6) is 0 Å². The number of carbonyl (C=O) groups excluding carboxylic acids is 1.